The molecule has 1 fully saturated rings. The van der Waals surface area contributed by atoms with Gasteiger partial charge < -0.3 is 9.64 Å². The molecule has 0 spiro atoms. The minimum Gasteiger partial charge on any atom is -0.356 e. The van der Waals surface area contributed by atoms with Crippen molar-refractivity contribution >= 4 is 5.91 Å². The third-order valence-corrected chi connectivity index (χ3v) is 2.03. The summed E-state index contributed by atoms with van der Waals surface area (Å²) in [6.07, 6.45) is 2.28. The molecule has 1 saturated heterocycles. The van der Waals surface area contributed by atoms with E-state index in [1.54, 1.807) is 11.8 Å². The predicted octanol–water partition coefficient (Wildman–Crippen LogP) is 1.38. The summed E-state index contributed by atoms with van der Waals surface area (Å²) in [5, 5.41) is 0. The minimum atomic E-state index is 0.0301. The maximum atomic E-state index is 11.1. The van der Waals surface area contributed by atoms with Crippen LogP contribution in [0.2, 0.25) is 0 Å². The van der Waals surface area contributed by atoms with Crippen LogP contribution in [0, 0.1) is 0 Å². The lowest BCUT2D eigenvalue weighted by Crippen LogP contribution is -2.36. The van der Waals surface area contributed by atoms with E-state index in [1.807, 2.05) is 13.8 Å². The van der Waals surface area contributed by atoms with Gasteiger partial charge in [-0.15, -0.1) is 0 Å². The summed E-state index contributed by atoms with van der Waals surface area (Å²) in [6.45, 7) is 6.45. The first kappa shape index (κ1) is 9.52. The quantitative estimate of drug-likeness (QED) is 0.628. The molecule has 3 nitrogen and oxygen atoms in total. The van der Waals surface area contributed by atoms with E-state index in [0.717, 1.165) is 19.4 Å². The van der Waals surface area contributed by atoms with Gasteiger partial charge in [0.15, 0.2) is 0 Å². The summed E-state index contributed by atoms with van der Waals surface area (Å²) >= 11 is 0. The molecule has 0 aliphatic carbocycles. The van der Waals surface area contributed by atoms with Gasteiger partial charge in [-0.2, -0.15) is 0 Å². The summed E-state index contributed by atoms with van der Waals surface area (Å²) < 4.78 is 5.59. The Morgan fingerprint density at radius 1 is 1.58 bits per heavy atom. The van der Waals surface area contributed by atoms with Gasteiger partial charge in [-0.05, 0) is 26.7 Å². The number of likely N-dealkylation sites (tertiary alicyclic amines) is 1. The number of amides is 1. The SMILES string of the molecule is CC(=O)N1CCCC1OC(C)C. The first-order valence-electron chi connectivity index (χ1n) is 4.54. The Kier molecular flexibility index (Phi) is 3.09. The monoisotopic (exact) mass is 171 g/mol. The van der Waals surface area contributed by atoms with Crippen LogP contribution in [-0.4, -0.2) is 29.7 Å². The van der Waals surface area contributed by atoms with Crippen LogP contribution in [0.3, 0.4) is 0 Å². The Morgan fingerprint density at radius 2 is 2.25 bits per heavy atom. The van der Waals surface area contributed by atoms with E-state index in [1.165, 1.54) is 0 Å². The molecule has 1 aliphatic rings. The zero-order chi connectivity index (χ0) is 9.14. The predicted molar refractivity (Wildman–Crippen MR) is 46.6 cm³/mol. The molecule has 0 saturated carbocycles. The van der Waals surface area contributed by atoms with Crippen LogP contribution < -0.4 is 0 Å². The van der Waals surface area contributed by atoms with Crippen LogP contribution in [0.25, 0.3) is 0 Å². The third-order valence-electron chi connectivity index (χ3n) is 2.03. The van der Waals surface area contributed by atoms with Gasteiger partial charge in [0.1, 0.15) is 6.23 Å². The molecule has 0 bridgehead atoms. The van der Waals surface area contributed by atoms with Crippen LogP contribution >= 0.6 is 0 Å². The topological polar surface area (TPSA) is 29.5 Å². The van der Waals surface area contributed by atoms with Crippen molar-refractivity contribution in [1.82, 2.24) is 4.90 Å². The highest BCUT2D eigenvalue weighted by Crippen LogP contribution is 2.19. The summed E-state index contributed by atoms with van der Waals surface area (Å²) in [6, 6.07) is 0. The fourth-order valence-corrected chi connectivity index (χ4v) is 1.55. The van der Waals surface area contributed by atoms with Gasteiger partial charge in [0, 0.05) is 13.5 Å². The number of hydrogen-bond donors (Lipinski definition) is 0. The molecular formula is C9H17NO2. The van der Waals surface area contributed by atoms with E-state index in [4.69, 9.17) is 4.74 Å². The van der Waals surface area contributed by atoms with Gasteiger partial charge in [0.25, 0.3) is 0 Å². The lowest BCUT2D eigenvalue weighted by atomic mass is 10.3. The maximum absolute atomic E-state index is 11.1. The molecule has 1 atom stereocenters. The maximum Gasteiger partial charge on any atom is 0.221 e. The molecule has 1 aliphatic heterocycles. The first-order valence-corrected chi connectivity index (χ1v) is 4.54. The van der Waals surface area contributed by atoms with E-state index in [9.17, 15) is 4.79 Å². The fraction of sp³-hybridized carbons (Fsp3) is 0.889. The third kappa shape index (κ3) is 2.21. The Morgan fingerprint density at radius 3 is 2.75 bits per heavy atom. The van der Waals surface area contributed by atoms with E-state index in [2.05, 4.69) is 0 Å². The lowest BCUT2D eigenvalue weighted by molar-refractivity contribution is -0.142. The van der Waals surface area contributed by atoms with Crippen molar-refractivity contribution in [3.8, 4) is 0 Å². The summed E-state index contributed by atoms with van der Waals surface area (Å²) in [4.78, 5) is 12.9. The van der Waals surface area contributed by atoms with Crippen LogP contribution in [0.1, 0.15) is 33.6 Å². The van der Waals surface area contributed by atoms with Crippen molar-refractivity contribution in [3.63, 3.8) is 0 Å². The minimum absolute atomic E-state index is 0.0301. The van der Waals surface area contributed by atoms with Crippen molar-refractivity contribution in [2.24, 2.45) is 0 Å². The fourth-order valence-electron chi connectivity index (χ4n) is 1.55. The Hall–Kier alpha value is -0.570. The van der Waals surface area contributed by atoms with E-state index in [0.29, 0.717) is 0 Å². The Labute approximate surface area is 73.7 Å². The second-order valence-corrected chi connectivity index (χ2v) is 3.49. The highest BCUT2D eigenvalue weighted by atomic mass is 16.5. The summed E-state index contributed by atoms with van der Waals surface area (Å²) in [5.41, 5.74) is 0. The molecule has 0 N–H and O–H groups in total. The molecular weight excluding hydrogens is 154 g/mol. The van der Waals surface area contributed by atoms with Crippen molar-refractivity contribution in [2.45, 2.75) is 45.9 Å². The van der Waals surface area contributed by atoms with Crippen LogP contribution in [0.5, 0.6) is 0 Å². The van der Waals surface area contributed by atoms with E-state index >= 15 is 0 Å². The van der Waals surface area contributed by atoms with Gasteiger partial charge in [0.2, 0.25) is 5.91 Å². The number of carbonyl (C=O) groups is 1. The van der Waals surface area contributed by atoms with Crippen molar-refractivity contribution in [3.05, 3.63) is 0 Å². The molecule has 1 rings (SSSR count). The molecule has 70 valence electrons. The number of nitrogens with zero attached hydrogens (tertiary/aromatic N) is 1. The standard InChI is InChI=1S/C9H17NO2/c1-7(2)12-9-5-4-6-10(9)8(3)11/h7,9H,4-6H2,1-3H3. The molecule has 3 heteroatoms. The zero-order valence-corrected chi connectivity index (χ0v) is 8.04. The molecule has 0 aromatic carbocycles. The van der Waals surface area contributed by atoms with Crippen LogP contribution in [0.15, 0.2) is 0 Å². The second kappa shape index (κ2) is 3.90. The van der Waals surface area contributed by atoms with Gasteiger partial charge in [-0.1, -0.05) is 0 Å². The number of rotatable bonds is 2. The van der Waals surface area contributed by atoms with Gasteiger partial charge in [-0.3, -0.25) is 4.79 Å². The summed E-state index contributed by atoms with van der Waals surface area (Å²) in [5.74, 6) is 0.123. The Bertz CT molecular complexity index is 168. The van der Waals surface area contributed by atoms with Crippen molar-refractivity contribution < 1.29 is 9.53 Å². The van der Waals surface area contributed by atoms with E-state index < -0.39 is 0 Å². The number of hydrogen-bond acceptors (Lipinski definition) is 2. The highest BCUT2D eigenvalue weighted by Gasteiger charge is 2.27. The van der Waals surface area contributed by atoms with Crippen LogP contribution in [0.4, 0.5) is 0 Å². The van der Waals surface area contributed by atoms with Crippen molar-refractivity contribution in [1.29, 1.82) is 0 Å². The number of carbonyl (C=O) groups excluding carboxylic acids is 1. The van der Waals surface area contributed by atoms with Gasteiger partial charge in [-0.25, -0.2) is 0 Å². The molecule has 0 aromatic rings. The largest absolute Gasteiger partial charge is 0.356 e. The first-order chi connectivity index (χ1) is 5.61. The smallest absolute Gasteiger partial charge is 0.221 e. The average Bonchev–Trinajstić information content (AvgIpc) is 2.33. The second-order valence-electron chi connectivity index (χ2n) is 3.49. The van der Waals surface area contributed by atoms with Gasteiger partial charge >= 0.3 is 0 Å². The highest BCUT2D eigenvalue weighted by molar-refractivity contribution is 5.73. The molecule has 12 heavy (non-hydrogen) atoms. The molecule has 1 unspecified atom stereocenters. The normalized spacial score (nSPS) is 23.7. The summed E-state index contributed by atoms with van der Waals surface area (Å²) in [7, 11) is 0. The van der Waals surface area contributed by atoms with Crippen LogP contribution in [-0.2, 0) is 9.53 Å². The molecule has 1 amide bonds. The molecule has 0 radical (unpaired) electrons. The number of ether oxygens (including phenoxy) is 1. The van der Waals surface area contributed by atoms with Gasteiger partial charge in [0.05, 0.1) is 6.10 Å². The van der Waals surface area contributed by atoms with Crippen molar-refractivity contribution in [2.75, 3.05) is 6.54 Å². The molecule has 0 aromatic heterocycles. The lowest BCUT2D eigenvalue weighted by Gasteiger charge is -2.25. The van der Waals surface area contributed by atoms with E-state index in [-0.39, 0.29) is 18.2 Å². The average molecular weight is 171 g/mol. The zero-order valence-electron chi connectivity index (χ0n) is 8.04. The Balaban J connectivity index is 2.46. The molecule has 1 heterocycles.